The molecule has 104 valence electrons. The van der Waals surface area contributed by atoms with E-state index < -0.39 is 0 Å². The summed E-state index contributed by atoms with van der Waals surface area (Å²) in [5.74, 6) is 1.49. The fourth-order valence-corrected chi connectivity index (χ4v) is 3.27. The summed E-state index contributed by atoms with van der Waals surface area (Å²) in [7, 11) is 0. The summed E-state index contributed by atoms with van der Waals surface area (Å²) >= 11 is 10.1. The summed E-state index contributed by atoms with van der Waals surface area (Å²) in [6.07, 6.45) is 0.887. The van der Waals surface area contributed by atoms with E-state index in [1.165, 1.54) is 0 Å². The fourth-order valence-electron chi connectivity index (χ4n) is 2.20. The standard InChI is InChI=1S/C16H14BrClO2/c17-16(11-5-2-1-3-6-11)12-9-14-15(10-13(12)18)20-8-4-7-19-14/h1-3,5-6,9-10,16H,4,7-8H2. The molecule has 0 saturated carbocycles. The van der Waals surface area contributed by atoms with Gasteiger partial charge >= 0.3 is 0 Å². The van der Waals surface area contributed by atoms with E-state index in [9.17, 15) is 0 Å². The van der Waals surface area contributed by atoms with E-state index in [1.54, 1.807) is 0 Å². The second-order valence-electron chi connectivity index (χ2n) is 4.64. The third-order valence-electron chi connectivity index (χ3n) is 3.23. The van der Waals surface area contributed by atoms with Gasteiger partial charge in [-0.15, -0.1) is 0 Å². The molecule has 0 aromatic heterocycles. The van der Waals surface area contributed by atoms with Gasteiger partial charge in [-0.25, -0.2) is 0 Å². The van der Waals surface area contributed by atoms with Crippen LogP contribution in [0.3, 0.4) is 0 Å². The van der Waals surface area contributed by atoms with Gasteiger partial charge in [0.1, 0.15) is 0 Å². The van der Waals surface area contributed by atoms with E-state index in [-0.39, 0.29) is 4.83 Å². The van der Waals surface area contributed by atoms with Gasteiger partial charge < -0.3 is 9.47 Å². The maximum absolute atomic E-state index is 6.39. The number of ether oxygens (including phenoxy) is 2. The Hall–Kier alpha value is -1.19. The van der Waals surface area contributed by atoms with Crippen LogP contribution in [0.25, 0.3) is 0 Å². The lowest BCUT2D eigenvalue weighted by Crippen LogP contribution is -1.98. The summed E-state index contributed by atoms with van der Waals surface area (Å²) in [5, 5.41) is 0.681. The molecular formula is C16H14BrClO2. The van der Waals surface area contributed by atoms with E-state index >= 15 is 0 Å². The third kappa shape index (κ3) is 2.79. The Bertz CT molecular complexity index is 601. The van der Waals surface area contributed by atoms with Crippen LogP contribution in [-0.2, 0) is 0 Å². The SMILES string of the molecule is Clc1cc2c(cc1C(Br)c1ccccc1)OCCCO2. The molecule has 2 nitrogen and oxygen atoms in total. The van der Waals surface area contributed by atoms with Crippen molar-refractivity contribution in [2.75, 3.05) is 13.2 Å². The molecule has 4 heteroatoms. The highest BCUT2D eigenvalue weighted by Crippen LogP contribution is 2.42. The van der Waals surface area contributed by atoms with E-state index in [2.05, 4.69) is 28.1 Å². The molecule has 0 saturated heterocycles. The minimum absolute atomic E-state index is 0.0355. The molecular weight excluding hydrogens is 340 g/mol. The van der Waals surface area contributed by atoms with Crippen molar-refractivity contribution in [1.29, 1.82) is 0 Å². The van der Waals surface area contributed by atoms with Crippen molar-refractivity contribution in [2.45, 2.75) is 11.2 Å². The maximum atomic E-state index is 6.39. The van der Waals surface area contributed by atoms with Crippen LogP contribution in [0.1, 0.15) is 22.4 Å². The van der Waals surface area contributed by atoms with Crippen LogP contribution in [0.4, 0.5) is 0 Å². The largest absolute Gasteiger partial charge is 0.490 e. The quantitative estimate of drug-likeness (QED) is 0.708. The molecule has 0 amide bonds. The van der Waals surface area contributed by atoms with Crippen LogP contribution in [0, 0.1) is 0 Å². The molecule has 2 aromatic carbocycles. The average Bonchev–Trinajstić information content (AvgIpc) is 2.71. The predicted molar refractivity (Wildman–Crippen MR) is 84.3 cm³/mol. The number of rotatable bonds is 2. The molecule has 0 radical (unpaired) electrons. The van der Waals surface area contributed by atoms with Gasteiger partial charge in [-0.1, -0.05) is 57.9 Å². The van der Waals surface area contributed by atoms with Gasteiger partial charge in [-0.2, -0.15) is 0 Å². The summed E-state index contributed by atoms with van der Waals surface area (Å²) in [5.41, 5.74) is 2.14. The summed E-state index contributed by atoms with van der Waals surface area (Å²) in [6, 6.07) is 14.0. The molecule has 0 N–H and O–H groups in total. The van der Waals surface area contributed by atoms with Gasteiger partial charge in [0.05, 0.1) is 18.0 Å². The van der Waals surface area contributed by atoms with Gasteiger partial charge in [0.25, 0.3) is 0 Å². The molecule has 1 unspecified atom stereocenters. The molecule has 20 heavy (non-hydrogen) atoms. The van der Waals surface area contributed by atoms with Crippen molar-refractivity contribution in [3.63, 3.8) is 0 Å². The molecule has 0 bridgehead atoms. The number of halogens is 2. The monoisotopic (exact) mass is 352 g/mol. The van der Waals surface area contributed by atoms with Crippen molar-refractivity contribution in [1.82, 2.24) is 0 Å². The molecule has 2 aromatic rings. The van der Waals surface area contributed by atoms with Crippen molar-refractivity contribution >= 4 is 27.5 Å². The Morgan fingerprint density at radius 2 is 1.65 bits per heavy atom. The van der Waals surface area contributed by atoms with Gasteiger partial charge in [0.2, 0.25) is 0 Å². The molecule has 0 fully saturated rings. The highest BCUT2D eigenvalue weighted by molar-refractivity contribution is 9.09. The average molecular weight is 354 g/mol. The minimum Gasteiger partial charge on any atom is -0.490 e. The van der Waals surface area contributed by atoms with Crippen LogP contribution in [0.15, 0.2) is 42.5 Å². The zero-order valence-electron chi connectivity index (χ0n) is 10.8. The van der Waals surface area contributed by atoms with E-state index in [0.717, 1.165) is 29.0 Å². The van der Waals surface area contributed by atoms with Crippen LogP contribution >= 0.6 is 27.5 Å². The highest BCUT2D eigenvalue weighted by Gasteiger charge is 2.19. The second kappa shape index (κ2) is 6.06. The van der Waals surface area contributed by atoms with E-state index in [1.807, 2.05) is 30.3 Å². The smallest absolute Gasteiger partial charge is 0.162 e. The predicted octanol–water partition coefficient (Wildman–Crippen LogP) is 4.99. The third-order valence-corrected chi connectivity index (χ3v) is 4.58. The van der Waals surface area contributed by atoms with Gasteiger partial charge in [0.15, 0.2) is 11.5 Å². The van der Waals surface area contributed by atoms with E-state index in [4.69, 9.17) is 21.1 Å². The molecule has 0 spiro atoms. The Labute approximate surface area is 131 Å². The van der Waals surface area contributed by atoms with Gasteiger partial charge in [-0.05, 0) is 17.2 Å². The summed E-state index contributed by atoms with van der Waals surface area (Å²) in [4.78, 5) is 0.0355. The molecule has 1 atom stereocenters. The zero-order chi connectivity index (χ0) is 13.9. The van der Waals surface area contributed by atoms with E-state index in [0.29, 0.717) is 18.2 Å². The first kappa shape index (κ1) is 13.8. The Morgan fingerprint density at radius 3 is 2.35 bits per heavy atom. The number of fused-ring (bicyclic) bond motifs is 1. The first-order chi connectivity index (χ1) is 9.75. The molecule has 1 heterocycles. The lowest BCUT2D eigenvalue weighted by Gasteiger charge is -2.16. The van der Waals surface area contributed by atoms with Gasteiger partial charge in [0, 0.05) is 17.5 Å². The van der Waals surface area contributed by atoms with Crippen molar-refractivity contribution in [3.8, 4) is 11.5 Å². The van der Waals surface area contributed by atoms with Gasteiger partial charge in [-0.3, -0.25) is 0 Å². The number of alkyl halides is 1. The lowest BCUT2D eigenvalue weighted by molar-refractivity contribution is 0.297. The van der Waals surface area contributed by atoms with Crippen molar-refractivity contribution in [3.05, 3.63) is 58.6 Å². The molecule has 1 aliphatic heterocycles. The first-order valence-corrected chi connectivity index (χ1v) is 7.83. The summed E-state index contributed by atoms with van der Waals surface area (Å²) < 4.78 is 11.4. The number of hydrogen-bond acceptors (Lipinski definition) is 2. The normalized spacial score (nSPS) is 15.5. The number of hydrogen-bond donors (Lipinski definition) is 0. The first-order valence-electron chi connectivity index (χ1n) is 6.54. The Morgan fingerprint density at radius 1 is 1.00 bits per heavy atom. The lowest BCUT2D eigenvalue weighted by atomic mass is 10.0. The molecule has 1 aliphatic rings. The number of benzene rings is 2. The zero-order valence-corrected chi connectivity index (χ0v) is 13.2. The van der Waals surface area contributed by atoms with Crippen LogP contribution in [-0.4, -0.2) is 13.2 Å². The summed E-state index contributed by atoms with van der Waals surface area (Å²) in [6.45, 7) is 1.34. The second-order valence-corrected chi connectivity index (χ2v) is 5.97. The minimum atomic E-state index is 0.0355. The topological polar surface area (TPSA) is 18.5 Å². The fraction of sp³-hybridized carbons (Fsp3) is 0.250. The van der Waals surface area contributed by atoms with Crippen molar-refractivity contribution < 1.29 is 9.47 Å². The Kier molecular flexibility index (Phi) is 4.18. The molecule has 3 rings (SSSR count). The van der Waals surface area contributed by atoms with Crippen LogP contribution in [0.5, 0.6) is 11.5 Å². The Balaban J connectivity index is 1.99. The van der Waals surface area contributed by atoms with Crippen molar-refractivity contribution in [2.24, 2.45) is 0 Å². The van der Waals surface area contributed by atoms with Crippen LogP contribution < -0.4 is 9.47 Å². The maximum Gasteiger partial charge on any atom is 0.162 e. The highest BCUT2D eigenvalue weighted by atomic mass is 79.9. The molecule has 0 aliphatic carbocycles. The van der Waals surface area contributed by atoms with Crippen LogP contribution in [0.2, 0.25) is 5.02 Å².